The van der Waals surface area contributed by atoms with Crippen LogP contribution in [-0.2, 0) is 14.6 Å². The molecule has 27 heavy (non-hydrogen) atoms. The van der Waals surface area contributed by atoms with E-state index in [1.807, 2.05) is 0 Å². The summed E-state index contributed by atoms with van der Waals surface area (Å²) in [5.41, 5.74) is -0.0664. The van der Waals surface area contributed by atoms with Gasteiger partial charge in [-0.3, -0.25) is 4.99 Å². The first-order chi connectivity index (χ1) is 12.5. The fourth-order valence-corrected chi connectivity index (χ4v) is 4.35. The monoisotopic (exact) mass is 511 g/mol. The maximum Gasteiger partial charge on any atom is 0.190 e. The Morgan fingerprint density at radius 1 is 1.30 bits per heavy atom. The largest absolute Gasteiger partial charge is 0.396 e. The van der Waals surface area contributed by atoms with Crippen LogP contribution in [0.3, 0.4) is 0 Å². The molecule has 7 nitrogen and oxygen atoms in total. The molecule has 1 aromatic carbocycles. The number of hydrogen-bond acceptors (Lipinski definition) is 5. The lowest BCUT2D eigenvalue weighted by atomic mass is 9.84. The predicted molar refractivity (Wildman–Crippen MR) is 117 cm³/mol. The maximum absolute atomic E-state index is 12.2. The first kappa shape index (κ1) is 24.1. The van der Waals surface area contributed by atoms with Crippen LogP contribution >= 0.6 is 24.0 Å². The first-order valence-electron chi connectivity index (χ1n) is 8.92. The van der Waals surface area contributed by atoms with Gasteiger partial charge in [0.2, 0.25) is 0 Å². The summed E-state index contributed by atoms with van der Waals surface area (Å²) in [5, 5.41) is 15.7. The maximum atomic E-state index is 12.2. The minimum atomic E-state index is -3.25. The minimum Gasteiger partial charge on any atom is -0.396 e. The van der Waals surface area contributed by atoms with Crippen LogP contribution in [0.15, 0.2) is 40.2 Å². The number of nitrogens with zero attached hydrogens (tertiary/aromatic N) is 1. The third kappa shape index (κ3) is 7.55. The highest BCUT2D eigenvalue weighted by Crippen LogP contribution is 2.31. The van der Waals surface area contributed by atoms with Crippen LogP contribution in [0.2, 0.25) is 0 Å². The summed E-state index contributed by atoms with van der Waals surface area (Å²) in [5.74, 6) is 0.717. The van der Waals surface area contributed by atoms with Crippen LogP contribution in [0.25, 0.3) is 0 Å². The lowest BCUT2D eigenvalue weighted by Crippen LogP contribution is -2.44. The van der Waals surface area contributed by atoms with Gasteiger partial charge in [-0.25, -0.2) is 8.42 Å². The number of rotatable bonds is 9. The van der Waals surface area contributed by atoms with E-state index >= 15 is 0 Å². The number of hydrogen-bond donors (Lipinski definition) is 3. The second-order valence-electron chi connectivity index (χ2n) is 6.61. The van der Waals surface area contributed by atoms with Crippen LogP contribution in [0.4, 0.5) is 0 Å². The van der Waals surface area contributed by atoms with Crippen molar-refractivity contribution in [2.75, 3.05) is 45.7 Å². The first-order valence-corrected chi connectivity index (χ1v) is 10.6. The Kier molecular flexibility index (Phi) is 10.6. The molecule has 0 spiro atoms. The average molecular weight is 511 g/mol. The molecule has 1 aliphatic heterocycles. The summed E-state index contributed by atoms with van der Waals surface area (Å²) in [7, 11) is -1.57. The topological polar surface area (TPSA) is 100 Å². The van der Waals surface area contributed by atoms with Crippen molar-refractivity contribution in [1.82, 2.24) is 10.6 Å². The van der Waals surface area contributed by atoms with Gasteiger partial charge < -0.3 is 20.5 Å². The Morgan fingerprint density at radius 3 is 2.63 bits per heavy atom. The summed E-state index contributed by atoms with van der Waals surface area (Å²) in [4.78, 5) is 4.53. The van der Waals surface area contributed by atoms with Crippen molar-refractivity contribution in [3.63, 3.8) is 0 Å². The lowest BCUT2D eigenvalue weighted by Gasteiger charge is -2.27. The molecule has 1 heterocycles. The van der Waals surface area contributed by atoms with Crippen molar-refractivity contribution in [2.45, 2.75) is 24.2 Å². The number of aliphatic hydroxyl groups excluding tert-OH is 1. The third-order valence-corrected chi connectivity index (χ3v) is 6.48. The zero-order valence-corrected chi connectivity index (χ0v) is 18.8. The second-order valence-corrected chi connectivity index (χ2v) is 8.72. The normalized spacial score (nSPS) is 20.1. The zero-order chi connectivity index (χ0) is 18.9. The highest BCUT2D eigenvalue weighted by atomic mass is 127. The molecule has 0 radical (unpaired) electrons. The smallest absolute Gasteiger partial charge is 0.190 e. The Bertz CT molecular complexity index is 677. The van der Waals surface area contributed by atoms with E-state index in [9.17, 15) is 13.5 Å². The molecule has 1 aromatic rings. The standard InChI is InChI=1S/C18H29N3O4S.HI/c1-19-17(21-14-18(8-11-22)9-12-25-15-18)20-10-5-13-26(23,24)16-6-3-2-4-7-16;/h2-4,6-7,22H,5,8-15H2,1H3,(H2,19,20,21);1H. The van der Waals surface area contributed by atoms with E-state index in [1.54, 1.807) is 37.4 Å². The molecule has 3 N–H and O–H groups in total. The number of benzene rings is 1. The fraction of sp³-hybridized carbons (Fsp3) is 0.611. The van der Waals surface area contributed by atoms with E-state index in [-0.39, 0.29) is 41.8 Å². The molecule has 1 fully saturated rings. The molecule has 1 unspecified atom stereocenters. The van der Waals surface area contributed by atoms with Gasteiger partial charge in [-0.2, -0.15) is 0 Å². The van der Waals surface area contributed by atoms with Gasteiger partial charge in [-0.15, -0.1) is 24.0 Å². The van der Waals surface area contributed by atoms with Gasteiger partial charge in [0, 0.05) is 38.8 Å². The molecule has 0 amide bonds. The van der Waals surface area contributed by atoms with Crippen molar-refractivity contribution in [2.24, 2.45) is 10.4 Å². The molecule has 1 aliphatic rings. The molecule has 0 bridgehead atoms. The van der Waals surface area contributed by atoms with Gasteiger partial charge in [0.05, 0.1) is 17.3 Å². The molecule has 0 aromatic heterocycles. The highest BCUT2D eigenvalue weighted by molar-refractivity contribution is 14.0. The van der Waals surface area contributed by atoms with Crippen LogP contribution in [0, 0.1) is 5.41 Å². The highest BCUT2D eigenvalue weighted by Gasteiger charge is 2.34. The molecule has 2 rings (SSSR count). The minimum absolute atomic E-state index is 0. The molecule has 1 saturated heterocycles. The van der Waals surface area contributed by atoms with E-state index in [0.717, 1.165) is 6.42 Å². The molecule has 0 saturated carbocycles. The Balaban J connectivity index is 0.00000364. The lowest BCUT2D eigenvalue weighted by molar-refractivity contribution is 0.127. The summed E-state index contributed by atoms with van der Waals surface area (Å²) in [6, 6.07) is 8.49. The van der Waals surface area contributed by atoms with Crippen LogP contribution in [-0.4, -0.2) is 65.2 Å². The Hall–Kier alpha value is -0.910. The molecular formula is C18H30IN3O4S. The van der Waals surface area contributed by atoms with Crippen LogP contribution in [0.1, 0.15) is 19.3 Å². The number of halogens is 1. The van der Waals surface area contributed by atoms with Crippen molar-refractivity contribution in [3.8, 4) is 0 Å². The molecule has 1 atom stereocenters. The van der Waals surface area contributed by atoms with Gasteiger partial charge in [0.1, 0.15) is 0 Å². The zero-order valence-electron chi connectivity index (χ0n) is 15.7. The van der Waals surface area contributed by atoms with Gasteiger partial charge >= 0.3 is 0 Å². The van der Waals surface area contributed by atoms with E-state index in [4.69, 9.17) is 4.74 Å². The summed E-state index contributed by atoms with van der Waals surface area (Å²) < 4.78 is 30.0. The number of nitrogens with one attached hydrogen (secondary N) is 2. The van der Waals surface area contributed by atoms with Gasteiger partial charge in [-0.1, -0.05) is 18.2 Å². The number of ether oxygens (including phenoxy) is 1. The van der Waals surface area contributed by atoms with E-state index in [2.05, 4.69) is 15.6 Å². The number of aliphatic hydroxyl groups is 1. The second kappa shape index (κ2) is 11.8. The third-order valence-electron chi connectivity index (χ3n) is 4.67. The van der Waals surface area contributed by atoms with Crippen molar-refractivity contribution < 1.29 is 18.3 Å². The molecule has 9 heteroatoms. The van der Waals surface area contributed by atoms with E-state index < -0.39 is 9.84 Å². The Morgan fingerprint density at radius 2 is 2.04 bits per heavy atom. The molecule has 0 aliphatic carbocycles. The average Bonchev–Trinajstić information content (AvgIpc) is 3.11. The van der Waals surface area contributed by atoms with Crippen molar-refractivity contribution in [3.05, 3.63) is 30.3 Å². The Labute approximate surface area is 178 Å². The van der Waals surface area contributed by atoms with Crippen molar-refractivity contribution in [1.29, 1.82) is 0 Å². The van der Waals surface area contributed by atoms with Gasteiger partial charge in [0.15, 0.2) is 15.8 Å². The summed E-state index contributed by atoms with van der Waals surface area (Å²) in [6.45, 7) is 2.65. The number of sulfone groups is 1. The quantitative estimate of drug-likeness (QED) is 0.201. The van der Waals surface area contributed by atoms with E-state index in [0.29, 0.717) is 50.0 Å². The summed E-state index contributed by atoms with van der Waals surface area (Å²) in [6.07, 6.45) is 2.09. The summed E-state index contributed by atoms with van der Waals surface area (Å²) >= 11 is 0. The van der Waals surface area contributed by atoms with Gasteiger partial charge in [-0.05, 0) is 31.4 Å². The SMILES string of the molecule is CN=C(NCCCS(=O)(=O)c1ccccc1)NCC1(CCO)CCOC1.I. The number of aliphatic imine (C=N–C) groups is 1. The fourth-order valence-electron chi connectivity index (χ4n) is 3.02. The van der Waals surface area contributed by atoms with Crippen molar-refractivity contribution >= 4 is 39.8 Å². The number of guanidine groups is 1. The van der Waals surface area contributed by atoms with Crippen LogP contribution in [0.5, 0.6) is 0 Å². The van der Waals surface area contributed by atoms with E-state index in [1.165, 1.54) is 0 Å². The molecular weight excluding hydrogens is 481 g/mol. The van der Waals surface area contributed by atoms with Crippen LogP contribution < -0.4 is 10.6 Å². The molecule has 154 valence electrons. The predicted octanol–water partition coefficient (Wildman–Crippen LogP) is 1.42. The van der Waals surface area contributed by atoms with Gasteiger partial charge in [0.25, 0.3) is 0 Å².